The molecule has 2 heterocycles. The van der Waals surface area contributed by atoms with Gasteiger partial charge >= 0.3 is 0 Å². The van der Waals surface area contributed by atoms with Gasteiger partial charge in [-0.3, -0.25) is 14.6 Å². The van der Waals surface area contributed by atoms with E-state index in [1.54, 1.807) is 0 Å². The van der Waals surface area contributed by atoms with E-state index >= 15 is 0 Å². The van der Waals surface area contributed by atoms with E-state index in [0.29, 0.717) is 12.8 Å². The molecule has 0 atom stereocenters. The van der Waals surface area contributed by atoms with Gasteiger partial charge in [-0.1, -0.05) is 121 Å². The Balaban J connectivity index is 0.000000164. The van der Waals surface area contributed by atoms with Crippen molar-refractivity contribution in [2.24, 2.45) is 5.73 Å². The van der Waals surface area contributed by atoms with E-state index in [9.17, 15) is 10.1 Å². The van der Waals surface area contributed by atoms with Crippen LogP contribution in [0.1, 0.15) is 36.8 Å². The van der Waals surface area contributed by atoms with E-state index in [4.69, 9.17) is 5.73 Å². The highest BCUT2D eigenvalue weighted by Gasteiger charge is 2.40. The van der Waals surface area contributed by atoms with Crippen LogP contribution in [0.5, 0.6) is 0 Å². The second-order valence-corrected chi connectivity index (χ2v) is 14.5. The first kappa shape index (κ1) is 35.7. The van der Waals surface area contributed by atoms with E-state index in [0.717, 1.165) is 63.5 Å². The maximum Gasteiger partial charge on any atom is 0.243 e. The van der Waals surface area contributed by atoms with E-state index in [1.165, 1.54) is 32.7 Å². The highest BCUT2D eigenvalue weighted by molar-refractivity contribution is 5.88. The van der Waals surface area contributed by atoms with Crippen LogP contribution < -0.4 is 16.4 Å². The average Bonchev–Trinajstić information content (AvgIpc) is 3.21. The van der Waals surface area contributed by atoms with Gasteiger partial charge in [-0.2, -0.15) is 5.26 Å². The summed E-state index contributed by atoms with van der Waals surface area (Å²) in [7, 11) is 0. The lowest BCUT2D eigenvalue weighted by molar-refractivity contribution is -0.123. The molecule has 2 saturated heterocycles. The van der Waals surface area contributed by atoms with Gasteiger partial charge < -0.3 is 16.4 Å². The number of benzene rings is 6. The Labute approximate surface area is 313 Å². The van der Waals surface area contributed by atoms with E-state index < -0.39 is 11.1 Å². The quantitative estimate of drug-likeness (QED) is 0.140. The SMILES string of the molecule is N#CC1(Nc2ccccc2)CCN(Cc2cccc3ccccc23)CC1.NC(=O)C1(Nc2ccccc2)CCN(Cc2cccc3ccccc23)CC1. The third kappa shape index (κ3) is 8.52. The Bertz CT molecular complexity index is 2150. The molecule has 2 fully saturated rings. The molecule has 0 unspecified atom stereocenters. The molecule has 6 aromatic carbocycles. The van der Waals surface area contributed by atoms with Crippen LogP contribution in [0.4, 0.5) is 11.4 Å². The number of nitrogens with one attached hydrogen (secondary N) is 2. The Hall–Kier alpha value is -5.68. The molecule has 2 aliphatic heterocycles. The summed E-state index contributed by atoms with van der Waals surface area (Å²) in [6, 6.07) is 52.5. The maximum atomic E-state index is 12.3. The van der Waals surface area contributed by atoms with Gasteiger partial charge in [0, 0.05) is 50.6 Å². The number of rotatable bonds is 9. The van der Waals surface area contributed by atoms with Crippen molar-refractivity contribution < 1.29 is 4.79 Å². The number of piperidine rings is 2. The molecule has 4 N–H and O–H groups in total. The van der Waals surface area contributed by atoms with Gasteiger partial charge in [0.25, 0.3) is 0 Å². The van der Waals surface area contributed by atoms with Gasteiger partial charge in [0.15, 0.2) is 0 Å². The summed E-state index contributed by atoms with van der Waals surface area (Å²) in [5, 5.41) is 21.9. The predicted octanol–water partition coefficient (Wildman–Crippen LogP) is 8.58. The number of nitrogens with two attached hydrogens (primary N) is 1. The maximum absolute atomic E-state index is 12.3. The van der Waals surface area contributed by atoms with Gasteiger partial charge in [-0.15, -0.1) is 0 Å². The Kier molecular flexibility index (Phi) is 11.0. The second-order valence-electron chi connectivity index (χ2n) is 14.5. The second kappa shape index (κ2) is 16.3. The lowest BCUT2D eigenvalue weighted by Crippen LogP contribution is -2.56. The van der Waals surface area contributed by atoms with E-state index in [1.807, 2.05) is 60.7 Å². The van der Waals surface area contributed by atoms with Crippen molar-refractivity contribution in [1.29, 1.82) is 5.26 Å². The summed E-state index contributed by atoms with van der Waals surface area (Å²) in [5.41, 5.74) is 9.33. The Morgan fingerprint density at radius 1 is 0.566 bits per heavy atom. The van der Waals surface area contributed by atoms with Crippen molar-refractivity contribution in [2.75, 3.05) is 36.8 Å². The molecule has 7 nitrogen and oxygen atoms in total. The van der Waals surface area contributed by atoms with Crippen LogP contribution in [0, 0.1) is 11.3 Å². The zero-order chi connectivity index (χ0) is 36.5. The lowest BCUT2D eigenvalue weighted by Gasteiger charge is -2.41. The van der Waals surface area contributed by atoms with Crippen LogP contribution in [0.15, 0.2) is 146 Å². The largest absolute Gasteiger partial charge is 0.371 e. The standard InChI is InChI=1S/C23H25N3O.C23H23N3/c24-22(27)23(25-20-10-2-1-3-11-20)13-15-26(16-14-23)17-19-9-6-8-18-7-4-5-12-21(18)19;24-18-23(25-21-10-2-1-3-11-21)13-15-26(16-14-23)17-20-9-6-8-19-7-4-5-12-22(19)20/h1-12,25H,13-17H2,(H2,24,27);1-12,25H,13-17H2. The zero-order valence-corrected chi connectivity index (χ0v) is 30.3. The van der Waals surface area contributed by atoms with Gasteiger partial charge in [0.05, 0.1) is 6.07 Å². The molecular formula is C46H48N6O. The van der Waals surface area contributed by atoms with E-state index in [-0.39, 0.29) is 5.91 Å². The van der Waals surface area contributed by atoms with Gasteiger partial charge in [-0.25, -0.2) is 0 Å². The fraction of sp³-hybridized carbons (Fsp3) is 0.261. The predicted molar refractivity (Wildman–Crippen MR) is 217 cm³/mol. The summed E-state index contributed by atoms with van der Waals surface area (Å²) in [5.74, 6) is -0.267. The number of likely N-dealkylation sites (tertiary alicyclic amines) is 2. The third-order valence-electron chi connectivity index (χ3n) is 11.0. The highest BCUT2D eigenvalue weighted by atomic mass is 16.1. The number of nitriles is 1. The molecule has 8 rings (SSSR count). The minimum absolute atomic E-state index is 0.267. The summed E-state index contributed by atoms with van der Waals surface area (Å²) >= 11 is 0. The molecule has 0 bridgehead atoms. The van der Waals surface area contributed by atoms with Gasteiger partial charge in [-0.05, 0) is 82.6 Å². The zero-order valence-electron chi connectivity index (χ0n) is 30.3. The first-order chi connectivity index (χ1) is 25.9. The first-order valence-corrected chi connectivity index (χ1v) is 18.7. The Morgan fingerprint density at radius 2 is 0.981 bits per heavy atom. The molecule has 268 valence electrons. The highest BCUT2D eigenvalue weighted by Crippen LogP contribution is 2.30. The van der Waals surface area contributed by atoms with Crippen LogP contribution >= 0.6 is 0 Å². The third-order valence-corrected chi connectivity index (χ3v) is 11.0. The average molecular weight is 701 g/mol. The van der Waals surface area contributed by atoms with Gasteiger partial charge in [0.1, 0.15) is 11.1 Å². The van der Waals surface area contributed by atoms with Crippen molar-refractivity contribution in [1.82, 2.24) is 9.80 Å². The monoisotopic (exact) mass is 700 g/mol. The molecule has 7 heteroatoms. The van der Waals surface area contributed by atoms with Crippen LogP contribution in [-0.4, -0.2) is 53.0 Å². The normalized spacial score (nSPS) is 16.9. The van der Waals surface area contributed by atoms with Crippen LogP contribution in [0.3, 0.4) is 0 Å². The molecule has 0 aliphatic carbocycles. The topological polar surface area (TPSA) is 97.4 Å². The number of para-hydroxylation sites is 2. The molecule has 0 saturated carbocycles. The lowest BCUT2D eigenvalue weighted by atomic mass is 9.86. The number of anilines is 2. The first-order valence-electron chi connectivity index (χ1n) is 18.7. The summed E-state index contributed by atoms with van der Waals surface area (Å²) < 4.78 is 0. The molecular weight excluding hydrogens is 653 g/mol. The number of nitrogens with zero attached hydrogens (tertiary/aromatic N) is 3. The molecule has 0 aromatic heterocycles. The van der Waals surface area contributed by atoms with Crippen LogP contribution in [0.2, 0.25) is 0 Å². The minimum Gasteiger partial charge on any atom is -0.371 e. The molecule has 0 radical (unpaired) electrons. The van der Waals surface area contributed by atoms with Crippen LogP contribution in [0.25, 0.3) is 21.5 Å². The summed E-state index contributed by atoms with van der Waals surface area (Å²) in [6.45, 7) is 5.36. The minimum atomic E-state index is -0.670. The number of fused-ring (bicyclic) bond motifs is 2. The fourth-order valence-corrected chi connectivity index (χ4v) is 7.82. The van der Waals surface area contributed by atoms with Crippen molar-refractivity contribution in [2.45, 2.75) is 49.9 Å². The van der Waals surface area contributed by atoms with Gasteiger partial charge in [0.2, 0.25) is 5.91 Å². The molecule has 53 heavy (non-hydrogen) atoms. The van der Waals surface area contributed by atoms with Crippen LogP contribution in [-0.2, 0) is 17.9 Å². The number of primary amides is 1. The smallest absolute Gasteiger partial charge is 0.243 e. The number of hydrogen-bond donors (Lipinski definition) is 3. The van der Waals surface area contributed by atoms with Crippen molar-refractivity contribution >= 4 is 38.8 Å². The van der Waals surface area contributed by atoms with E-state index in [2.05, 4.69) is 111 Å². The fourth-order valence-electron chi connectivity index (χ4n) is 7.82. The molecule has 1 amide bonds. The molecule has 0 spiro atoms. The summed E-state index contributed by atoms with van der Waals surface area (Å²) in [6.07, 6.45) is 3.09. The Morgan fingerprint density at radius 3 is 1.45 bits per heavy atom. The number of carbonyl (C=O) groups excluding carboxylic acids is 1. The number of carbonyl (C=O) groups is 1. The number of hydrogen-bond acceptors (Lipinski definition) is 6. The van der Waals surface area contributed by atoms with Crippen molar-refractivity contribution in [3.63, 3.8) is 0 Å². The molecule has 2 aliphatic rings. The molecule has 6 aromatic rings. The van der Waals surface area contributed by atoms with Crippen molar-refractivity contribution in [3.05, 3.63) is 157 Å². The van der Waals surface area contributed by atoms with Crippen molar-refractivity contribution in [3.8, 4) is 6.07 Å². The number of amides is 1. The summed E-state index contributed by atoms with van der Waals surface area (Å²) in [4.78, 5) is 17.1.